The van der Waals surface area contributed by atoms with Gasteiger partial charge in [-0.05, 0) is 48.5 Å². The van der Waals surface area contributed by atoms with Gasteiger partial charge in [0.15, 0.2) is 5.65 Å². The van der Waals surface area contributed by atoms with Gasteiger partial charge in [-0.15, -0.1) is 11.8 Å². The Morgan fingerprint density at radius 1 is 1.05 bits per heavy atom. The Labute approximate surface area is 228 Å². The van der Waals surface area contributed by atoms with Crippen LogP contribution in [-0.4, -0.2) is 80.0 Å². The zero-order valence-corrected chi connectivity index (χ0v) is 22.1. The Morgan fingerprint density at radius 2 is 1.67 bits per heavy atom. The first-order valence-corrected chi connectivity index (χ1v) is 13.5. The van der Waals surface area contributed by atoms with Gasteiger partial charge in [0.2, 0.25) is 0 Å². The van der Waals surface area contributed by atoms with Gasteiger partial charge < -0.3 is 19.6 Å². The number of carbonyl (C=O) groups excluding carboxylic acids is 1. The predicted molar refractivity (Wildman–Crippen MR) is 142 cm³/mol. The van der Waals surface area contributed by atoms with E-state index in [1.807, 2.05) is 0 Å². The van der Waals surface area contributed by atoms with Crippen LogP contribution in [0.25, 0.3) is 11.2 Å². The summed E-state index contributed by atoms with van der Waals surface area (Å²) in [6, 6.07) is 11.2. The minimum absolute atomic E-state index is 0.264. The molecule has 1 atom stereocenters. The molecule has 39 heavy (non-hydrogen) atoms. The molecule has 1 aliphatic heterocycles. The summed E-state index contributed by atoms with van der Waals surface area (Å²) in [6.45, 7) is 3.31. The molecule has 0 amide bonds. The van der Waals surface area contributed by atoms with Gasteiger partial charge in [-0.25, -0.2) is 23.7 Å². The van der Waals surface area contributed by atoms with Crippen molar-refractivity contribution in [3.05, 3.63) is 89.2 Å². The molecule has 0 saturated carbocycles. The number of carbonyl (C=O) groups is 1. The van der Waals surface area contributed by atoms with E-state index in [0.717, 1.165) is 5.52 Å². The Hall–Kier alpha value is -3.45. The molecule has 4 aromatic rings. The Bertz CT molecular complexity index is 1370. The third-order valence-electron chi connectivity index (χ3n) is 6.82. The van der Waals surface area contributed by atoms with Crippen molar-refractivity contribution in [2.45, 2.75) is 24.1 Å². The van der Waals surface area contributed by atoms with E-state index in [9.17, 15) is 18.8 Å². The number of benzene rings is 2. The van der Waals surface area contributed by atoms with Crippen LogP contribution < -0.4 is 0 Å². The van der Waals surface area contributed by atoms with E-state index in [1.165, 1.54) is 49.3 Å². The first-order chi connectivity index (χ1) is 18.8. The maximum absolute atomic E-state index is 14.2. The average Bonchev–Trinajstić information content (AvgIpc) is 3.40. The van der Waals surface area contributed by atoms with Crippen LogP contribution in [0.5, 0.6) is 0 Å². The normalized spacial score (nSPS) is 16.4. The zero-order chi connectivity index (χ0) is 27.4. The number of nitrogens with one attached hydrogen (secondary N) is 1. The maximum atomic E-state index is 14.2. The lowest BCUT2D eigenvalue weighted by Gasteiger charge is -2.53. The summed E-state index contributed by atoms with van der Waals surface area (Å²) in [6.07, 6.45) is 2.58. The van der Waals surface area contributed by atoms with E-state index in [2.05, 4.69) is 24.8 Å². The molecule has 0 bridgehead atoms. The molecule has 1 saturated heterocycles. The molecule has 0 spiro atoms. The number of H-pyrrole nitrogens is 1. The molecular weight excluding hydrogens is 526 g/mol. The van der Waals surface area contributed by atoms with Gasteiger partial charge >= 0.3 is 5.97 Å². The molecule has 3 heterocycles. The molecule has 1 N–H and O–H groups in total. The number of ether oxygens (including phenoxy) is 1. The van der Waals surface area contributed by atoms with Crippen molar-refractivity contribution in [3.63, 3.8) is 0 Å². The smallest absolute Gasteiger partial charge is 0.302 e. The Balaban J connectivity index is 1.28. The molecular formula is C27H28F2N6O3S. The van der Waals surface area contributed by atoms with Crippen LogP contribution in [-0.2, 0) is 9.53 Å². The second-order valence-electron chi connectivity index (χ2n) is 9.53. The van der Waals surface area contributed by atoms with E-state index in [4.69, 9.17) is 4.74 Å². The van der Waals surface area contributed by atoms with Crippen molar-refractivity contribution in [2.24, 2.45) is 0 Å². The number of hydrogen-bond donors (Lipinski definition) is 1. The van der Waals surface area contributed by atoms with Crippen LogP contribution in [0.2, 0.25) is 0 Å². The number of rotatable bonds is 9. The fourth-order valence-corrected chi connectivity index (χ4v) is 5.92. The van der Waals surface area contributed by atoms with Crippen LogP contribution >= 0.6 is 11.8 Å². The topological polar surface area (TPSA) is 107 Å². The van der Waals surface area contributed by atoms with Gasteiger partial charge in [0.25, 0.3) is 0 Å². The number of aromatic amines is 1. The summed E-state index contributed by atoms with van der Waals surface area (Å²) < 4.78 is 32.3. The quantitative estimate of drug-likeness (QED) is 0.109. The van der Waals surface area contributed by atoms with Crippen LogP contribution in [0.1, 0.15) is 24.1 Å². The molecule has 204 valence electrons. The number of hydrogen-bond acceptors (Lipinski definition) is 8. The van der Waals surface area contributed by atoms with Gasteiger partial charge in [0.05, 0.1) is 19.4 Å². The largest absolute Gasteiger partial charge is 0.632 e. The average molecular weight is 555 g/mol. The molecule has 12 heteroatoms. The van der Waals surface area contributed by atoms with Crippen molar-refractivity contribution >= 4 is 28.9 Å². The highest BCUT2D eigenvalue weighted by atomic mass is 32.2. The number of imidazole rings is 1. The molecule has 2 aromatic heterocycles. The van der Waals surface area contributed by atoms with Crippen molar-refractivity contribution in [1.82, 2.24) is 24.8 Å². The van der Waals surface area contributed by atoms with Gasteiger partial charge in [0.1, 0.15) is 40.7 Å². The standard InChI is InChI=1S/C27H28F2N6O3S/c1-18(36)38-23(15-39-27-24-26(31-16-30-24)32-17-33-27)14-34-10-12-35(37,13-11-34)25(19-2-6-21(28)7-3-19)20-4-8-22(29)9-5-20/h2-9,16-17,23,25H,10-15H2,1H3,(H,30,31,32,33). The van der Waals surface area contributed by atoms with Crippen molar-refractivity contribution in [1.29, 1.82) is 0 Å². The number of esters is 1. The lowest BCUT2D eigenvalue weighted by Crippen LogP contribution is -2.58. The number of halogens is 2. The number of hydroxylamine groups is 3. The first kappa shape index (κ1) is 27.1. The molecule has 9 nitrogen and oxygen atoms in total. The minimum Gasteiger partial charge on any atom is -0.632 e. The highest BCUT2D eigenvalue weighted by Crippen LogP contribution is 2.36. The molecule has 1 unspecified atom stereocenters. The van der Waals surface area contributed by atoms with E-state index in [1.54, 1.807) is 30.6 Å². The monoisotopic (exact) mass is 554 g/mol. The molecule has 0 radical (unpaired) electrons. The lowest BCUT2D eigenvalue weighted by atomic mass is 9.95. The van der Waals surface area contributed by atoms with Gasteiger partial charge in [-0.2, -0.15) is 0 Å². The van der Waals surface area contributed by atoms with Gasteiger partial charge in [-0.1, -0.05) is 0 Å². The highest BCUT2D eigenvalue weighted by molar-refractivity contribution is 7.99. The Kier molecular flexibility index (Phi) is 8.17. The summed E-state index contributed by atoms with van der Waals surface area (Å²) in [5, 5.41) is 14.9. The molecule has 0 aliphatic carbocycles. The third-order valence-corrected chi connectivity index (χ3v) is 7.94. The predicted octanol–water partition coefficient (Wildman–Crippen LogP) is 4.07. The summed E-state index contributed by atoms with van der Waals surface area (Å²) in [4.78, 5) is 29.6. The summed E-state index contributed by atoms with van der Waals surface area (Å²) >= 11 is 1.44. The number of piperazine rings is 1. The van der Waals surface area contributed by atoms with Gasteiger partial charge in [-0.3, -0.25) is 9.69 Å². The molecule has 1 fully saturated rings. The zero-order valence-electron chi connectivity index (χ0n) is 21.3. The summed E-state index contributed by atoms with van der Waals surface area (Å²) in [7, 11) is 0. The lowest BCUT2D eigenvalue weighted by molar-refractivity contribution is -0.909. The number of fused-ring (bicyclic) bond motifs is 1. The maximum Gasteiger partial charge on any atom is 0.302 e. The molecule has 2 aromatic carbocycles. The first-order valence-electron chi connectivity index (χ1n) is 12.6. The van der Waals surface area contributed by atoms with E-state index in [0.29, 0.717) is 47.2 Å². The van der Waals surface area contributed by atoms with Crippen LogP contribution in [0.15, 0.2) is 66.2 Å². The highest BCUT2D eigenvalue weighted by Gasteiger charge is 2.36. The van der Waals surface area contributed by atoms with Crippen LogP contribution in [0, 0.1) is 16.8 Å². The fourth-order valence-electron chi connectivity index (χ4n) is 4.98. The number of nitrogens with zero attached hydrogens (tertiary/aromatic N) is 5. The van der Waals surface area contributed by atoms with Crippen LogP contribution in [0.3, 0.4) is 0 Å². The van der Waals surface area contributed by atoms with Crippen molar-refractivity contribution in [2.75, 3.05) is 38.5 Å². The van der Waals surface area contributed by atoms with E-state index < -0.39 is 16.8 Å². The van der Waals surface area contributed by atoms with E-state index >= 15 is 0 Å². The molecule has 5 rings (SSSR count). The summed E-state index contributed by atoms with van der Waals surface area (Å²) in [5.41, 5.74) is 2.64. The molecule has 1 aliphatic rings. The van der Waals surface area contributed by atoms with E-state index in [-0.39, 0.29) is 30.7 Å². The summed E-state index contributed by atoms with van der Waals surface area (Å²) in [5.74, 6) is -0.688. The number of quaternary nitrogens is 1. The van der Waals surface area contributed by atoms with Crippen LogP contribution in [0.4, 0.5) is 8.78 Å². The van der Waals surface area contributed by atoms with Crippen molar-refractivity contribution < 1.29 is 23.0 Å². The minimum atomic E-state index is -0.622. The second-order valence-corrected chi connectivity index (χ2v) is 10.5. The second kappa shape index (κ2) is 11.7. The Morgan fingerprint density at radius 3 is 2.26 bits per heavy atom. The number of aromatic nitrogens is 4. The number of thioether (sulfide) groups is 1. The van der Waals surface area contributed by atoms with Crippen molar-refractivity contribution in [3.8, 4) is 0 Å². The van der Waals surface area contributed by atoms with Gasteiger partial charge in [0, 0.05) is 43.4 Å². The fraction of sp³-hybridized carbons (Fsp3) is 0.333. The third kappa shape index (κ3) is 6.41. The SMILES string of the molecule is CC(=O)OC(CSc1ncnc2nc[nH]c12)CN1CC[N+]([O-])(C(c2ccc(F)cc2)c2ccc(F)cc2)CC1.